The zero-order chi connectivity index (χ0) is 30.3. The maximum absolute atomic E-state index is 11.0. The topological polar surface area (TPSA) is 87.2 Å². The third kappa shape index (κ3) is 38.6. The lowest BCUT2D eigenvalue weighted by atomic mass is 10.1. The van der Waals surface area contributed by atoms with Gasteiger partial charge in [-0.05, 0) is 36.5 Å². The minimum atomic E-state index is -0.125. The smallest absolute Gasteiger partial charge is 0.305 e. The minimum absolute atomic E-state index is 0.125. The first-order chi connectivity index (χ1) is 16.8. The lowest BCUT2D eigenvalue weighted by molar-refractivity contribution is -0.141. The summed E-state index contributed by atoms with van der Waals surface area (Å²) in [6, 6.07) is 0. The zero-order valence-corrected chi connectivity index (χ0v) is 26.9. The van der Waals surface area contributed by atoms with Gasteiger partial charge in [-0.15, -0.1) is 0 Å². The molecule has 0 bridgehead atoms. The summed E-state index contributed by atoms with van der Waals surface area (Å²) in [7, 11) is 12.1. The number of nitrogens with zero attached hydrogens (tertiary/aromatic N) is 3. The summed E-state index contributed by atoms with van der Waals surface area (Å²) >= 11 is 0. The monoisotopic (exact) mass is 531 g/mol. The van der Waals surface area contributed by atoms with E-state index in [1.54, 1.807) is 57.0 Å². The molecule has 0 rings (SSSR count). The lowest BCUT2D eigenvalue weighted by Gasteiger charge is -2.10. The highest BCUT2D eigenvalue weighted by Gasteiger charge is 2.06. The van der Waals surface area contributed by atoms with Crippen LogP contribution in [0, 0.1) is 23.7 Å². The predicted molar refractivity (Wildman–Crippen MR) is 155 cm³/mol. The van der Waals surface area contributed by atoms with E-state index in [0.717, 1.165) is 12.8 Å². The molecule has 0 spiro atoms. The highest BCUT2D eigenvalue weighted by molar-refractivity contribution is 5.76. The van der Waals surface area contributed by atoms with Crippen LogP contribution in [-0.2, 0) is 23.9 Å². The normalized spacial score (nSPS) is 9.92. The minimum Gasteiger partial charge on any atom is -0.469 e. The van der Waals surface area contributed by atoms with Gasteiger partial charge in [0.15, 0.2) is 0 Å². The summed E-state index contributed by atoms with van der Waals surface area (Å²) in [5, 5.41) is 0. The second kappa shape index (κ2) is 25.5. The van der Waals surface area contributed by atoms with Gasteiger partial charge in [0.2, 0.25) is 17.7 Å². The summed E-state index contributed by atoms with van der Waals surface area (Å²) in [4.78, 5) is 48.1. The van der Waals surface area contributed by atoms with Crippen LogP contribution < -0.4 is 0 Å². The third-order valence-electron chi connectivity index (χ3n) is 4.75. The van der Waals surface area contributed by atoms with Gasteiger partial charge in [0, 0.05) is 68.0 Å². The van der Waals surface area contributed by atoms with Crippen molar-refractivity contribution in [2.45, 2.75) is 93.9 Å². The number of methoxy groups -OCH3 is 1. The molecule has 0 aliphatic rings. The van der Waals surface area contributed by atoms with Gasteiger partial charge in [0.05, 0.1) is 7.11 Å². The fraction of sp³-hybridized carbons (Fsp3) is 0.862. The van der Waals surface area contributed by atoms with Crippen LogP contribution in [0.5, 0.6) is 0 Å². The summed E-state index contributed by atoms with van der Waals surface area (Å²) < 4.78 is 4.42. The molecule has 0 aliphatic carbocycles. The van der Waals surface area contributed by atoms with Crippen LogP contribution in [0.3, 0.4) is 0 Å². The molecule has 0 N–H and O–H groups in total. The van der Waals surface area contributed by atoms with Crippen molar-refractivity contribution in [3.8, 4) is 0 Å². The van der Waals surface area contributed by atoms with Gasteiger partial charge in [0.25, 0.3) is 0 Å². The first-order valence-corrected chi connectivity index (χ1v) is 13.4. The summed E-state index contributed by atoms with van der Waals surface area (Å²) in [5.74, 6) is 2.68. The maximum atomic E-state index is 11.0. The molecule has 37 heavy (non-hydrogen) atoms. The molecule has 0 aromatic heterocycles. The van der Waals surface area contributed by atoms with Crippen molar-refractivity contribution in [3.05, 3.63) is 0 Å². The fourth-order valence-electron chi connectivity index (χ4n) is 2.22. The Morgan fingerprint density at radius 2 is 0.811 bits per heavy atom. The van der Waals surface area contributed by atoms with Crippen molar-refractivity contribution >= 4 is 23.7 Å². The summed E-state index contributed by atoms with van der Waals surface area (Å²) in [5.41, 5.74) is 0. The quantitative estimate of drug-likeness (QED) is 0.355. The first kappa shape index (κ1) is 42.0. The molecule has 0 unspecified atom stereocenters. The molecule has 0 aliphatic heterocycles. The Balaban J connectivity index is -0.000000197. The van der Waals surface area contributed by atoms with E-state index in [2.05, 4.69) is 32.4 Å². The second-order valence-corrected chi connectivity index (χ2v) is 11.5. The van der Waals surface area contributed by atoms with Crippen LogP contribution in [0.2, 0.25) is 0 Å². The van der Waals surface area contributed by atoms with Crippen molar-refractivity contribution in [2.24, 2.45) is 23.7 Å². The van der Waals surface area contributed by atoms with Crippen LogP contribution in [-0.4, -0.2) is 87.8 Å². The molecule has 222 valence electrons. The van der Waals surface area contributed by atoms with Crippen LogP contribution >= 0.6 is 0 Å². The van der Waals surface area contributed by atoms with E-state index in [1.807, 2.05) is 27.7 Å². The molecular formula is C29H61N3O5. The predicted octanol–water partition coefficient (Wildman–Crippen LogP) is 5.35. The van der Waals surface area contributed by atoms with E-state index >= 15 is 0 Å². The molecule has 0 fully saturated rings. The maximum Gasteiger partial charge on any atom is 0.305 e. The third-order valence-corrected chi connectivity index (χ3v) is 4.75. The van der Waals surface area contributed by atoms with Crippen LogP contribution in [0.15, 0.2) is 0 Å². The number of carbonyl (C=O) groups is 4. The standard InChI is InChI=1S/2C8H17NO.C7H15NO.C6H12O2/c2*1-7(2)5-6-8(10)9(3)4;1-6(2)5-7(9)8(3)4;1-5(2)4-6(7)8-3/h2*7H,5-6H2,1-4H3;6H,5H2,1-4H3;5H,4H2,1-3H3. The van der Waals surface area contributed by atoms with Crippen LogP contribution in [0.25, 0.3) is 0 Å². The van der Waals surface area contributed by atoms with Gasteiger partial charge in [-0.25, -0.2) is 0 Å². The summed E-state index contributed by atoms with van der Waals surface area (Å²) in [6.45, 7) is 16.6. The Morgan fingerprint density at radius 1 is 0.514 bits per heavy atom. The van der Waals surface area contributed by atoms with Crippen molar-refractivity contribution in [1.82, 2.24) is 14.7 Å². The fourth-order valence-corrected chi connectivity index (χ4v) is 2.22. The number of rotatable bonds is 10. The van der Waals surface area contributed by atoms with Crippen LogP contribution in [0.1, 0.15) is 93.9 Å². The van der Waals surface area contributed by atoms with E-state index in [9.17, 15) is 19.2 Å². The van der Waals surface area contributed by atoms with E-state index in [4.69, 9.17) is 0 Å². The van der Waals surface area contributed by atoms with Crippen LogP contribution in [0.4, 0.5) is 0 Å². The average Bonchev–Trinajstić information content (AvgIpc) is 2.75. The Kier molecular flexibility index (Phi) is 29.0. The number of ether oxygens (including phenoxy) is 1. The first-order valence-electron chi connectivity index (χ1n) is 13.4. The Morgan fingerprint density at radius 3 is 0.946 bits per heavy atom. The molecule has 0 saturated carbocycles. The SMILES string of the molecule is CC(C)CC(=O)N(C)C.CC(C)CCC(=O)N(C)C.CC(C)CCC(=O)N(C)C.COC(=O)CC(C)C. The average molecular weight is 532 g/mol. The Hall–Kier alpha value is -2.12. The van der Waals surface area contributed by atoms with E-state index in [-0.39, 0.29) is 23.7 Å². The van der Waals surface area contributed by atoms with E-state index in [1.165, 1.54) is 7.11 Å². The molecule has 0 aromatic rings. The molecule has 0 heterocycles. The molecule has 8 heteroatoms. The van der Waals surface area contributed by atoms with E-state index in [0.29, 0.717) is 49.4 Å². The van der Waals surface area contributed by atoms with Crippen molar-refractivity contribution in [3.63, 3.8) is 0 Å². The number of hydrogen-bond donors (Lipinski definition) is 0. The van der Waals surface area contributed by atoms with Crippen molar-refractivity contribution < 1.29 is 23.9 Å². The molecule has 3 amide bonds. The van der Waals surface area contributed by atoms with Gasteiger partial charge in [-0.1, -0.05) is 55.4 Å². The van der Waals surface area contributed by atoms with Gasteiger partial charge in [0.1, 0.15) is 0 Å². The number of esters is 1. The largest absolute Gasteiger partial charge is 0.469 e. The highest BCUT2D eigenvalue weighted by Crippen LogP contribution is 2.05. The Bertz CT molecular complexity index is 570. The lowest BCUT2D eigenvalue weighted by Crippen LogP contribution is -2.22. The number of hydrogen-bond acceptors (Lipinski definition) is 5. The molecule has 0 saturated heterocycles. The molecule has 8 nitrogen and oxygen atoms in total. The van der Waals surface area contributed by atoms with Crippen molar-refractivity contribution in [1.29, 1.82) is 0 Å². The number of carbonyl (C=O) groups excluding carboxylic acids is 4. The highest BCUT2D eigenvalue weighted by atomic mass is 16.5. The van der Waals surface area contributed by atoms with Gasteiger partial charge >= 0.3 is 5.97 Å². The van der Waals surface area contributed by atoms with Gasteiger partial charge < -0.3 is 19.4 Å². The molecule has 0 atom stereocenters. The van der Waals surface area contributed by atoms with Gasteiger partial charge in [-0.2, -0.15) is 0 Å². The van der Waals surface area contributed by atoms with E-state index < -0.39 is 0 Å². The zero-order valence-electron chi connectivity index (χ0n) is 26.9. The molecule has 0 radical (unpaired) electrons. The molecular weight excluding hydrogens is 470 g/mol. The number of amides is 3. The molecule has 0 aromatic carbocycles. The summed E-state index contributed by atoms with van der Waals surface area (Å²) in [6.07, 6.45) is 4.55. The van der Waals surface area contributed by atoms with Crippen molar-refractivity contribution in [2.75, 3.05) is 49.4 Å². The second-order valence-electron chi connectivity index (χ2n) is 11.5. The van der Waals surface area contributed by atoms with Gasteiger partial charge in [-0.3, -0.25) is 19.2 Å². The Labute approximate surface area is 229 Å².